The Morgan fingerprint density at radius 1 is 1.41 bits per heavy atom. The zero-order valence-electron chi connectivity index (χ0n) is 10.00. The van der Waals surface area contributed by atoms with E-state index in [4.69, 9.17) is 5.73 Å². The van der Waals surface area contributed by atoms with Gasteiger partial charge in [-0.3, -0.25) is 0 Å². The van der Waals surface area contributed by atoms with Crippen molar-refractivity contribution in [3.63, 3.8) is 0 Å². The van der Waals surface area contributed by atoms with Crippen LogP contribution in [0.25, 0.3) is 6.08 Å². The molecule has 0 fully saturated rings. The summed E-state index contributed by atoms with van der Waals surface area (Å²) in [5.41, 5.74) is 8.49. The smallest absolute Gasteiger partial charge is 0.138 e. The molecule has 3 N–H and O–H groups in total. The fraction of sp³-hybridized carbons (Fsp3) is 0.286. The van der Waals surface area contributed by atoms with Crippen molar-refractivity contribution in [1.82, 2.24) is 0 Å². The Morgan fingerprint density at radius 2 is 2.12 bits per heavy atom. The van der Waals surface area contributed by atoms with Crippen LogP contribution < -0.4 is 5.73 Å². The van der Waals surface area contributed by atoms with Crippen molar-refractivity contribution in [2.75, 3.05) is 0 Å². The molecule has 1 atom stereocenters. The van der Waals surface area contributed by atoms with Crippen molar-refractivity contribution >= 4 is 28.7 Å². The molecular weight excluding hydrogens is 325 g/mol. The molecule has 3 heteroatoms. The lowest BCUT2D eigenvalue weighted by Crippen LogP contribution is -2.20. The van der Waals surface area contributed by atoms with E-state index >= 15 is 0 Å². The van der Waals surface area contributed by atoms with Gasteiger partial charge in [0.1, 0.15) is 5.76 Å². The summed E-state index contributed by atoms with van der Waals surface area (Å²) in [7, 11) is 0. The highest BCUT2D eigenvalue weighted by Gasteiger charge is 2.27. The number of aliphatic hydroxyl groups is 1. The van der Waals surface area contributed by atoms with Crippen LogP contribution in [0.3, 0.4) is 0 Å². The Labute approximate surface area is 115 Å². The molecule has 2 rings (SSSR count). The molecule has 0 aromatic heterocycles. The molecule has 17 heavy (non-hydrogen) atoms. The molecule has 0 spiro atoms. The number of hydrogen-bond donors (Lipinski definition) is 2. The highest BCUT2D eigenvalue weighted by molar-refractivity contribution is 14.1. The van der Waals surface area contributed by atoms with Gasteiger partial charge in [-0.05, 0) is 64.4 Å². The lowest BCUT2D eigenvalue weighted by atomic mass is 9.78. The minimum atomic E-state index is -0.123. The summed E-state index contributed by atoms with van der Waals surface area (Å²) in [4.78, 5) is 0. The number of rotatable bonds is 1. The normalized spacial score (nSPS) is 23.5. The molecule has 0 radical (unpaired) electrons. The molecule has 1 aromatic rings. The van der Waals surface area contributed by atoms with E-state index in [-0.39, 0.29) is 11.2 Å². The summed E-state index contributed by atoms with van der Waals surface area (Å²) in [6.45, 7) is 4.29. The molecule has 0 bridgehead atoms. The van der Waals surface area contributed by atoms with Crippen molar-refractivity contribution in [2.24, 2.45) is 5.73 Å². The zero-order valence-corrected chi connectivity index (χ0v) is 12.2. The van der Waals surface area contributed by atoms with E-state index in [1.165, 1.54) is 9.13 Å². The van der Waals surface area contributed by atoms with E-state index in [1.54, 1.807) is 6.08 Å². The van der Waals surface area contributed by atoms with Gasteiger partial charge in [0.2, 0.25) is 0 Å². The van der Waals surface area contributed by atoms with E-state index in [9.17, 15) is 5.11 Å². The van der Waals surface area contributed by atoms with E-state index < -0.39 is 0 Å². The molecule has 0 heterocycles. The highest BCUT2D eigenvalue weighted by atomic mass is 127. The maximum absolute atomic E-state index is 9.87. The molecule has 0 aliphatic heterocycles. The van der Waals surface area contributed by atoms with Gasteiger partial charge in [-0.1, -0.05) is 19.9 Å². The summed E-state index contributed by atoms with van der Waals surface area (Å²) in [6, 6.07) is 6.24. The Morgan fingerprint density at radius 3 is 2.76 bits per heavy atom. The molecule has 1 unspecified atom stereocenters. The maximum atomic E-state index is 9.87. The van der Waals surface area contributed by atoms with E-state index in [0.29, 0.717) is 5.70 Å². The van der Waals surface area contributed by atoms with Gasteiger partial charge in [-0.2, -0.15) is 0 Å². The van der Waals surface area contributed by atoms with Gasteiger partial charge in [-0.25, -0.2) is 0 Å². The van der Waals surface area contributed by atoms with Gasteiger partial charge < -0.3 is 10.8 Å². The molecule has 0 amide bonds. The SMILES string of the molecule is CCC1(C)C=C(N)C(O)=Cc2ccc(I)cc21. The van der Waals surface area contributed by atoms with Crippen LogP contribution in [-0.4, -0.2) is 5.11 Å². The first-order valence-electron chi connectivity index (χ1n) is 5.65. The number of hydrogen-bond acceptors (Lipinski definition) is 2. The summed E-state index contributed by atoms with van der Waals surface area (Å²) in [6.07, 6.45) is 4.65. The first kappa shape index (κ1) is 12.5. The van der Waals surface area contributed by atoms with Crippen LogP contribution in [0.15, 0.2) is 35.7 Å². The Bertz CT molecular complexity index is 519. The van der Waals surface area contributed by atoms with Crippen LogP contribution in [0.2, 0.25) is 0 Å². The monoisotopic (exact) mass is 341 g/mol. The van der Waals surface area contributed by atoms with Gasteiger partial charge in [0.25, 0.3) is 0 Å². The fourth-order valence-electron chi connectivity index (χ4n) is 2.17. The van der Waals surface area contributed by atoms with E-state index in [0.717, 1.165) is 12.0 Å². The molecule has 90 valence electrons. The number of allylic oxidation sites excluding steroid dienone is 1. The van der Waals surface area contributed by atoms with Gasteiger partial charge in [0.15, 0.2) is 0 Å². The van der Waals surface area contributed by atoms with Crippen molar-refractivity contribution in [2.45, 2.75) is 25.7 Å². The average Bonchev–Trinajstić information content (AvgIpc) is 2.38. The van der Waals surface area contributed by atoms with E-state index in [1.807, 2.05) is 18.2 Å². The number of fused-ring (bicyclic) bond motifs is 1. The number of halogens is 1. The second kappa shape index (κ2) is 4.37. The summed E-state index contributed by atoms with van der Waals surface area (Å²) < 4.78 is 1.20. The topological polar surface area (TPSA) is 46.2 Å². The number of benzene rings is 1. The minimum Gasteiger partial charge on any atom is -0.506 e. The summed E-state index contributed by atoms with van der Waals surface area (Å²) in [5.74, 6) is 0.157. The minimum absolute atomic E-state index is 0.123. The molecule has 0 saturated carbocycles. The Kier molecular flexibility index (Phi) is 3.21. The molecule has 1 aliphatic carbocycles. The summed E-state index contributed by atoms with van der Waals surface area (Å²) >= 11 is 2.31. The summed E-state index contributed by atoms with van der Waals surface area (Å²) in [5, 5.41) is 9.87. The third-order valence-corrected chi connectivity index (χ3v) is 4.10. The van der Waals surface area contributed by atoms with Crippen molar-refractivity contribution in [1.29, 1.82) is 0 Å². The zero-order chi connectivity index (χ0) is 12.6. The van der Waals surface area contributed by atoms with Crippen molar-refractivity contribution < 1.29 is 5.11 Å². The van der Waals surface area contributed by atoms with Gasteiger partial charge in [-0.15, -0.1) is 0 Å². The second-order valence-corrected chi connectivity index (χ2v) is 5.88. The predicted octanol–water partition coefficient (Wildman–Crippen LogP) is 3.71. The third kappa shape index (κ3) is 2.20. The third-order valence-electron chi connectivity index (χ3n) is 3.43. The van der Waals surface area contributed by atoms with Crippen LogP contribution in [0.1, 0.15) is 31.4 Å². The van der Waals surface area contributed by atoms with Gasteiger partial charge in [0.05, 0.1) is 5.70 Å². The average molecular weight is 341 g/mol. The van der Waals surface area contributed by atoms with Crippen LogP contribution in [0.5, 0.6) is 0 Å². The first-order valence-corrected chi connectivity index (χ1v) is 6.73. The fourth-order valence-corrected chi connectivity index (χ4v) is 2.66. The van der Waals surface area contributed by atoms with Gasteiger partial charge in [0, 0.05) is 8.99 Å². The molecule has 1 aliphatic rings. The quantitative estimate of drug-likeness (QED) is 0.765. The lowest BCUT2D eigenvalue weighted by Gasteiger charge is -2.26. The number of nitrogens with two attached hydrogens (primary N) is 1. The molecule has 2 nitrogen and oxygen atoms in total. The van der Waals surface area contributed by atoms with Crippen molar-refractivity contribution in [3.8, 4) is 0 Å². The molecular formula is C14H16INO. The Hall–Kier alpha value is -0.970. The lowest BCUT2D eigenvalue weighted by molar-refractivity contribution is 0.425. The molecule has 1 aromatic carbocycles. The van der Waals surface area contributed by atoms with Crippen LogP contribution >= 0.6 is 22.6 Å². The van der Waals surface area contributed by atoms with Crippen LogP contribution in [0.4, 0.5) is 0 Å². The largest absolute Gasteiger partial charge is 0.506 e. The second-order valence-electron chi connectivity index (χ2n) is 4.63. The van der Waals surface area contributed by atoms with Crippen LogP contribution in [-0.2, 0) is 5.41 Å². The van der Waals surface area contributed by atoms with Gasteiger partial charge >= 0.3 is 0 Å². The molecule has 0 saturated heterocycles. The predicted molar refractivity (Wildman–Crippen MR) is 79.7 cm³/mol. The highest BCUT2D eigenvalue weighted by Crippen LogP contribution is 2.37. The first-order chi connectivity index (χ1) is 7.96. The van der Waals surface area contributed by atoms with Crippen LogP contribution in [0, 0.1) is 3.57 Å². The standard InChI is InChI=1S/C14H16INO/c1-3-14(2)8-12(16)13(17)6-9-4-5-10(15)7-11(9)14/h4-8,17H,3,16H2,1-2H3. The number of aliphatic hydroxyl groups excluding tert-OH is 1. The maximum Gasteiger partial charge on any atom is 0.138 e. The Balaban J connectivity index is 2.73. The van der Waals surface area contributed by atoms with Crippen molar-refractivity contribution in [3.05, 3.63) is 50.4 Å². The van der Waals surface area contributed by atoms with E-state index in [2.05, 4.69) is 42.5 Å².